The fourth-order valence-electron chi connectivity index (χ4n) is 3.88. The van der Waals surface area contributed by atoms with Gasteiger partial charge >= 0.3 is 0 Å². The van der Waals surface area contributed by atoms with E-state index in [-0.39, 0.29) is 0 Å². The van der Waals surface area contributed by atoms with E-state index in [1.807, 2.05) is 24.3 Å². The molecule has 148 valence electrons. The van der Waals surface area contributed by atoms with Crippen LogP contribution < -0.4 is 9.46 Å². The largest absolute Gasteiger partial charge is 0.497 e. The highest BCUT2D eigenvalue weighted by Gasteiger charge is 2.20. The summed E-state index contributed by atoms with van der Waals surface area (Å²) >= 11 is 0. The lowest BCUT2D eigenvalue weighted by Crippen LogP contribution is -2.40. The number of rotatable bonds is 8. The van der Waals surface area contributed by atoms with Crippen LogP contribution in [0.3, 0.4) is 0 Å². The molecule has 0 radical (unpaired) electrons. The van der Waals surface area contributed by atoms with Gasteiger partial charge in [0.2, 0.25) is 10.0 Å². The van der Waals surface area contributed by atoms with Crippen molar-refractivity contribution in [2.24, 2.45) is 0 Å². The van der Waals surface area contributed by atoms with E-state index in [1.54, 1.807) is 19.2 Å². The summed E-state index contributed by atoms with van der Waals surface area (Å²) in [6.07, 6.45) is 5.85. The third-order valence-electron chi connectivity index (χ3n) is 5.46. The van der Waals surface area contributed by atoms with Crippen LogP contribution in [0.1, 0.15) is 39.0 Å². The Balaban J connectivity index is 1.58. The number of ether oxygens (including phenoxy) is 1. The normalized spacial score (nSPS) is 18.7. The van der Waals surface area contributed by atoms with Gasteiger partial charge in [0, 0.05) is 12.6 Å². The van der Waals surface area contributed by atoms with Gasteiger partial charge in [0.1, 0.15) is 5.75 Å². The number of hydrogen-bond acceptors (Lipinski definition) is 4. The molecule has 1 heterocycles. The van der Waals surface area contributed by atoms with Crippen molar-refractivity contribution in [2.75, 3.05) is 26.7 Å². The van der Waals surface area contributed by atoms with Gasteiger partial charge in [-0.1, -0.05) is 25.5 Å². The van der Waals surface area contributed by atoms with Crippen LogP contribution in [0.5, 0.6) is 5.75 Å². The molecule has 2 aromatic rings. The summed E-state index contributed by atoms with van der Waals surface area (Å²) in [6, 6.07) is 11.5. The van der Waals surface area contributed by atoms with Crippen LogP contribution in [0.15, 0.2) is 41.3 Å². The van der Waals surface area contributed by atoms with Crippen molar-refractivity contribution in [3.05, 3.63) is 36.4 Å². The Labute approximate surface area is 162 Å². The maximum Gasteiger partial charge on any atom is 0.240 e. The first-order valence-corrected chi connectivity index (χ1v) is 11.3. The lowest BCUT2D eigenvalue weighted by Gasteiger charge is -2.35. The first-order chi connectivity index (χ1) is 13.0. The van der Waals surface area contributed by atoms with Crippen molar-refractivity contribution in [3.8, 4) is 5.75 Å². The van der Waals surface area contributed by atoms with E-state index in [0.717, 1.165) is 36.0 Å². The quantitative estimate of drug-likeness (QED) is 0.697. The Morgan fingerprint density at radius 1 is 1.15 bits per heavy atom. The zero-order valence-electron chi connectivity index (χ0n) is 16.3. The molecule has 1 N–H and O–H groups in total. The molecule has 3 rings (SSSR count). The molecule has 1 aliphatic heterocycles. The predicted molar refractivity (Wildman–Crippen MR) is 110 cm³/mol. The van der Waals surface area contributed by atoms with Crippen molar-refractivity contribution in [2.45, 2.75) is 50.0 Å². The summed E-state index contributed by atoms with van der Waals surface area (Å²) in [4.78, 5) is 2.82. The van der Waals surface area contributed by atoms with E-state index >= 15 is 0 Å². The van der Waals surface area contributed by atoms with Crippen molar-refractivity contribution in [1.82, 2.24) is 9.62 Å². The van der Waals surface area contributed by atoms with Crippen molar-refractivity contribution in [1.29, 1.82) is 0 Å². The Morgan fingerprint density at radius 3 is 2.70 bits per heavy atom. The molecule has 1 atom stereocenters. The molecule has 6 heteroatoms. The summed E-state index contributed by atoms with van der Waals surface area (Å²) in [7, 11) is -1.87. The average Bonchev–Trinajstić information content (AvgIpc) is 2.70. The number of likely N-dealkylation sites (tertiary alicyclic amines) is 1. The third-order valence-corrected chi connectivity index (χ3v) is 6.92. The number of hydrogen-bond donors (Lipinski definition) is 1. The first-order valence-electron chi connectivity index (χ1n) is 9.85. The van der Waals surface area contributed by atoms with Gasteiger partial charge in [0.05, 0.1) is 12.0 Å². The number of nitrogens with one attached hydrogen (secondary N) is 1. The standard InChI is InChI=1S/C21H30N2O3S/c1-3-19-7-4-5-13-23(19)14-6-12-22-27(24,25)21-11-9-17-15-20(26-2)10-8-18(17)16-21/h8-11,15-16,19,22H,3-7,12-14H2,1-2H3. The second-order valence-electron chi connectivity index (χ2n) is 7.22. The summed E-state index contributed by atoms with van der Waals surface area (Å²) in [6.45, 7) is 4.80. The molecule has 0 bridgehead atoms. The highest BCUT2D eigenvalue weighted by Crippen LogP contribution is 2.24. The van der Waals surface area contributed by atoms with Crippen molar-refractivity contribution in [3.63, 3.8) is 0 Å². The molecule has 1 aliphatic rings. The minimum Gasteiger partial charge on any atom is -0.497 e. The number of benzene rings is 2. The van der Waals surface area contributed by atoms with E-state index < -0.39 is 10.0 Å². The zero-order chi connectivity index (χ0) is 19.3. The molecular formula is C21H30N2O3S. The zero-order valence-corrected chi connectivity index (χ0v) is 17.1. The molecule has 2 aromatic carbocycles. The van der Waals surface area contributed by atoms with Gasteiger partial charge in [0.25, 0.3) is 0 Å². The minimum atomic E-state index is -3.49. The van der Waals surface area contributed by atoms with Crippen LogP contribution in [0.4, 0.5) is 0 Å². The molecule has 0 aliphatic carbocycles. The summed E-state index contributed by atoms with van der Waals surface area (Å²) in [5.41, 5.74) is 0. The highest BCUT2D eigenvalue weighted by molar-refractivity contribution is 7.89. The number of sulfonamides is 1. The van der Waals surface area contributed by atoms with E-state index in [4.69, 9.17) is 4.74 Å². The van der Waals surface area contributed by atoms with Gasteiger partial charge in [-0.25, -0.2) is 13.1 Å². The van der Waals surface area contributed by atoms with Gasteiger partial charge in [-0.05, 0) is 73.8 Å². The van der Waals surface area contributed by atoms with Crippen LogP contribution in [0.2, 0.25) is 0 Å². The topological polar surface area (TPSA) is 58.6 Å². The van der Waals surface area contributed by atoms with Crippen LogP contribution in [-0.2, 0) is 10.0 Å². The predicted octanol–water partition coefficient (Wildman–Crippen LogP) is 3.78. The molecule has 0 spiro atoms. The van der Waals surface area contributed by atoms with Crippen molar-refractivity contribution < 1.29 is 13.2 Å². The molecule has 1 saturated heterocycles. The Bertz CT molecular complexity index is 867. The van der Waals surface area contributed by atoms with Gasteiger partial charge in [-0.3, -0.25) is 0 Å². The first kappa shape index (κ1) is 20.1. The average molecular weight is 391 g/mol. The molecule has 5 nitrogen and oxygen atoms in total. The summed E-state index contributed by atoms with van der Waals surface area (Å²) in [5, 5.41) is 1.85. The van der Waals surface area contributed by atoms with Gasteiger partial charge in [-0.15, -0.1) is 0 Å². The number of fused-ring (bicyclic) bond motifs is 1. The molecule has 0 saturated carbocycles. The summed E-state index contributed by atoms with van der Waals surface area (Å²) < 4.78 is 33.2. The Hall–Kier alpha value is -1.63. The second-order valence-corrected chi connectivity index (χ2v) is 8.99. The van der Waals surface area contributed by atoms with E-state index in [0.29, 0.717) is 17.5 Å². The van der Waals surface area contributed by atoms with E-state index in [9.17, 15) is 8.42 Å². The molecule has 1 unspecified atom stereocenters. The molecule has 0 amide bonds. The van der Waals surface area contributed by atoms with Gasteiger partial charge in [0.15, 0.2) is 0 Å². The SMILES string of the molecule is CCC1CCCCN1CCCNS(=O)(=O)c1ccc2cc(OC)ccc2c1. The van der Waals surface area contributed by atoms with Gasteiger partial charge in [-0.2, -0.15) is 0 Å². The monoisotopic (exact) mass is 390 g/mol. The molecule has 0 aromatic heterocycles. The van der Waals surface area contributed by atoms with Crippen LogP contribution in [-0.4, -0.2) is 46.1 Å². The smallest absolute Gasteiger partial charge is 0.240 e. The molecule has 1 fully saturated rings. The summed E-state index contributed by atoms with van der Waals surface area (Å²) in [5.74, 6) is 0.763. The van der Waals surface area contributed by atoms with Crippen molar-refractivity contribution >= 4 is 20.8 Å². The number of piperidine rings is 1. The molecule has 27 heavy (non-hydrogen) atoms. The lowest BCUT2D eigenvalue weighted by molar-refractivity contribution is 0.143. The second kappa shape index (κ2) is 9.04. The highest BCUT2D eigenvalue weighted by atomic mass is 32.2. The lowest BCUT2D eigenvalue weighted by atomic mass is 10.00. The van der Waals surface area contributed by atoms with Crippen LogP contribution in [0.25, 0.3) is 10.8 Å². The van der Waals surface area contributed by atoms with E-state index in [2.05, 4.69) is 16.5 Å². The minimum absolute atomic E-state index is 0.310. The van der Waals surface area contributed by atoms with Crippen LogP contribution >= 0.6 is 0 Å². The Morgan fingerprint density at radius 2 is 1.93 bits per heavy atom. The fraction of sp³-hybridized carbons (Fsp3) is 0.524. The van der Waals surface area contributed by atoms with Crippen LogP contribution in [0, 0.1) is 0 Å². The maximum atomic E-state index is 12.6. The third kappa shape index (κ3) is 5.00. The number of nitrogens with zero attached hydrogens (tertiary/aromatic N) is 1. The van der Waals surface area contributed by atoms with Gasteiger partial charge < -0.3 is 9.64 Å². The maximum absolute atomic E-state index is 12.6. The number of methoxy groups -OCH3 is 1. The molecular weight excluding hydrogens is 360 g/mol. The van der Waals surface area contributed by atoms with E-state index in [1.165, 1.54) is 25.7 Å². The Kier molecular flexibility index (Phi) is 6.73. The fourth-order valence-corrected chi connectivity index (χ4v) is 4.99.